The van der Waals surface area contributed by atoms with Gasteiger partial charge in [-0.1, -0.05) is 0 Å². The molecule has 3 rings (SSSR count). The van der Waals surface area contributed by atoms with E-state index in [1.807, 2.05) is 9.80 Å². The van der Waals surface area contributed by atoms with Crippen molar-refractivity contribution in [3.8, 4) is 0 Å². The summed E-state index contributed by atoms with van der Waals surface area (Å²) in [6, 6.07) is -0.244. The normalized spacial score (nSPS) is 27.4. The van der Waals surface area contributed by atoms with Gasteiger partial charge < -0.3 is 20.2 Å². The maximum Gasteiger partial charge on any atom is 0.239 e. The Labute approximate surface area is 161 Å². The van der Waals surface area contributed by atoms with Crippen molar-refractivity contribution in [3.63, 3.8) is 0 Å². The number of aliphatic hydroxyl groups excluding tert-OH is 1. The molecule has 0 radical (unpaired) electrons. The zero-order chi connectivity index (χ0) is 16.2. The molecule has 7 nitrogen and oxygen atoms in total. The first-order valence-corrected chi connectivity index (χ1v) is 8.84. The number of carbonyl (C=O) groups is 2. The van der Waals surface area contributed by atoms with E-state index in [9.17, 15) is 14.7 Å². The first kappa shape index (κ1) is 22.4. The van der Waals surface area contributed by atoms with E-state index < -0.39 is 6.10 Å². The number of likely N-dealkylation sites (tertiary alicyclic amines) is 1. The number of carbonyl (C=O) groups excluding carboxylic acids is 2. The van der Waals surface area contributed by atoms with Crippen molar-refractivity contribution in [1.29, 1.82) is 0 Å². The number of piperazine rings is 1. The highest BCUT2D eigenvalue weighted by atomic mass is 35.5. The van der Waals surface area contributed by atoms with Crippen LogP contribution in [0.1, 0.15) is 25.7 Å². The van der Waals surface area contributed by atoms with Crippen molar-refractivity contribution in [1.82, 2.24) is 20.0 Å². The highest BCUT2D eigenvalue weighted by Gasteiger charge is 2.33. The number of rotatable bonds is 3. The zero-order valence-corrected chi connectivity index (χ0v) is 16.2. The van der Waals surface area contributed by atoms with E-state index in [-0.39, 0.29) is 42.7 Å². The van der Waals surface area contributed by atoms with Crippen LogP contribution in [0, 0.1) is 0 Å². The predicted molar refractivity (Wildman–Crippen MR) is 100 cm³/mol. The molecule has 0 aromatic heterocycles. The standard InChI is InChI=1S/C16H28N4O3.2ClH/c21-13-10-14(17-11-13)16(23)20-8-6-18(7-9-20)12-15(22)19-4-2-1-3-5-19;;/h13-14,17,21H,1-12H2;2*1H. The van der Waals surface area contributed by atoms with E-state index in [1.54, 1.807) is 0 Å². The third-order valence-electron chi connectivity index (χ3n) is 5.16. The van der Waals surface area contributed by atoms with Crippen LogP contribution >= 0.6 is 24.8 Å². The summed E-state index contributed by atoms with van der Waals surface area (Å²) >= 11 is 0. The second-order valence-corrected chi connectivity index (χ2v) is 6.89. The first-order chi connectivity index (χ1) is 11.1. The van der Waals surface area contributed by atoms with Crippen molar-refractivity contribution < 1.29 is 14.7 Å². The van der Waals surface area contributed by atoms with Gasteiger partial charge in [0.2, 0.25) is 11.8 Å². The molecule has 0 aliphatic carbocycles. The molecule has 2 amide bonds. The van der Waals surface area contributed by atoms with Crippen LogP contribution in [0.15, 0.2) is 0 Å². The lowest BCUT2D eigenvalue weighted by Gasteiger charge is -2.37. The summed E-state index contributed by atoms with van der Waals surface area (Å²) in [6.07, 6.45) is 3.57. The molecule has 146 valence electrons. The lowest BCUT2D eigenvalue weighted by Crippen LogP contribution is -2.54. The summed E-state index contributed by atoms with van der Waals surface area (Å²) in [5.74, 6) is 0.314. The van der Waals surface area contributed by atoms with Crippen molar-refractivity contribution in [2.24, 2.45) is 0 Å². The van der Waals surface area contributed by atoms with Crippen molar-refractivity contribution in [3.05, 3.63) is 0 Å². The zero-order valence-electron chi connectivity index (χ0n) is 14.6. The van der Waals surface area contributed by atoms with Gasteiger partial charge in [0.15, 0.2) is 0 Å². The molecule has 9 heteroatoms. The molecule has 0 bridgehead atoms. The molecule has 3 heterocycles. The first-order valence-electron chi connectivity index (χ1n) is 8.84. The molecular weight excluding hydrogens is 367 g/mol. The topological polar surface area (TPSA) is 76.1 Å². The Morgan fingerprint density at radius 3 is 2.12 bits per heavy atom. The quantitative estimate of drug-likeness (QED) is 0.685. The molecule has 2 atom stereocenters. The van der Waals surface area contributed by atoms with Gasteiger partial charge in [-0.15, -0.1) is 24.8 Å². The molecule has 0 spiro atoms. The van der Waals surface area contributed by atoms with Gasteiger partial charge in [-0.05, 0) is 25.7 Å². The molecule has 3 aliphatic heterocycles. The summed E-state index contributed by atoms with van der Waals surface area (Å²) in [4.78, 5) is 30.7. The number of aliphatic hydroxyl groups is 1. The summed E-state index contributed by atoms with van der Waals surface area (Å²) in [5.41, 5.74) is 0. The Morgan fingerprint density at radius 2 is 1.56 bits per heavy atom. The summed E-state index contributed by atoms with van der Waals surface area (Å²) in [5, 5.41) is 12.6. The van der Waals surface area contributed by atoms with Crippen LogP contribution < -0.4 is 5.32 Å². The van der Waals surface area contributed by atoms with Gasteiger partial charge in [0, 0.05) is 45.8 Å². The Hall–Kier alpha value is -0.600. The number of hydrogen-bond acceptors (Lipinski definition) is 5. The summed E-state index contributed by atoms with van der Waals surface area (Å²) in [7, 11) is 0. The number of nitrogens with one attached hydrogen (secondary N) is 1. The fourth-order valence-corrected chi connectivity index (χ4v) is 3.69. The lowest BCUT2D eigenvalue weighted by molar-refractivity contribution is -0.136. The van der Waals surface area contributed by atoms with Crippen LogP contribution in [-0.2, 0) is 9.59 Å². The van der Waals surface area contributed by atoms with Crippen LogP contribution in [0.3, 0.4) is 0 Å². The number of piperidine rings is 1. The van der Waals surface area contributed by atoms with Gasteiger partial charge in [0.05, 0.1) is 18.7 Å². The number of nitrogens with zero attached hydrogens (tertiary/aromatic N) is 3. The van der Waals surface area contributed by atoms with Crippen LogP contribution in [-0.4, -0.2) is 96.1 Å². The number of hydrogen-bond donors (Lipinski definition) is 2. The van der Waals surface area contributed by atoms with E-state index >= 15 is 0 Å². The molecule has 3 aliphatic rings. The highest BCUT2D eigenvalue weighted by Crippen LogP contribution is 2.13. The minimum absolute atomic E-state index is 0. The van der Waals surface area contributed by atoms with Gasteiger partial charge >= 0.3 is 0 Å². The molecule has 0 aromatic carbocycles. The van der Waals surface area contributed by atoms with E-state index in [4.69, 9.17) is 0 Å². The predicted octanol–water partition coefficient (Wildman–Crippen LogP) is -0.290. The molecule has 0 saturated carbocycles. The van der Waals surface area contributed by atoms with Crippen molar-refractivity contribution >= 4 is 36.6 Å². The fraction of sp³-hybridized carbons (Fsp3) is 0.875. The Balaban J connectivity index is 0.00000156. The van der Waals surface area contributed by atoms with E-state index in [0.29, 0.717) is 32.6 Å². The van der Waals surface area contributed by atoms with E-state index in [1.165, 1.54) is 6.42 Å². The van der Waals surface area contributed by atoms with Crippen molar-refractivity contribution in [2.45, 2.75) is 37.8 Å². The largest absolute Gasteiger partial charge is 0.392 e. The van der Waals surface area contributed by atoms with Crippen molar-refractivity contribution in [2.75, 3.05) is 52.4 Å². The molecule has 3 fully saturated rings. The average molecular weight is 397 g/mol. The second kappa shape index (κ2) is 10.5. The molecule has 3 saturated heterocycles. The molecule has 2 N–H and O–H groups in total. The Morgan fingerprint density at radius 1 is 0.920 bits per heavy atom. The van der Waals surface area contributed by atoms with Gasteiger partial charge in [-0.3, -0.25) is 14.5 Å². The molecule has 25 heavy (non-hydrogen) atoms. The molecule has 0 aromatic rings. The van der Waals surface area contributed by atoms with E-state index in [0.717, 1.165) is 39.0 Å². The molecular formula is C16H30Cl2N4O3. The highest BCUT2D eigenvalue weighted by molar-refractivity contribution is 5.85. The number of halogens is 2. The smallest absolute Gasteiger partial charge is 0.239 e. The van der Waals surface area contributed by atoms with Crippen LogP contribution in [0.5, 0.6) is 0 Å². The fourth-order valence-electron chi connectivity index (χ4n) is 3.69. The SMILES string of the molecule is Cl.Cl.O=C(CN1CCN(C(=O)C2CC(O)CN2)CC1)N1CCCCC1. The second-order valence-electron chi connectivity index (χ2n) is 6.89. The third kappa shape index (κ3) is 5.96. The minimum Gasteiger partial charge on any atom is -0.392 e. The van der Waals surface area contributed by atoms with Crippen LogP contribution in [0.4, 0.5) is 0 Å². The van der Waals surface area contributed by atoms with Gasteiger partial charge in [-0.25, -0.2) is 0 Å². The Kier molecular flexibility index (Phi) is 9.45. The number of β-amino-alcohol motifs (C(OH)–C–C–N with tert-alkyl or cyclic N) is 1. The average Bonchev–Trinajstić information content (AvgIpc) is 3.02. The summed E-state index contributed by atoms with van der Waals surface area (Å²) < 4.78 is 0. The lowest BCUT2D eigenvalue weighted by atomic mass is 10.1. The van der Waals surface area contributed by atoms with Crippen LogP contribution in [0.25, 0.3) is 0 Å². The van der Waals surface area contributed by atoms with E-state index in [2.05, 4.69) is 10.2 Å². The van der Waals surface area contributed by atoms with Gasteiger partial charge in [0.25, 0.3) is 0 Å². The van der Waals surface area contributed by atoms with Gasteiger partial charge in [-0.2, -0.15) is 0 Å². The molecule has 2 unspecified atom stereocenters. The van der Waals surface area contributed by atoms with Crippen LogP contribution in [0.2, 0.25) is 0 Å². The maximum atomic E-state index is 12.4. The van der Waals surface area contributed by atoms with Gasteiger partial charge in [0.1, 0.15) is 0 Å². The maximum absolute atomic E-state index is 12.4. The Bertz CT molecular complexity index is 441. The minimum atomic E-state index is -0.410. The summed E-state index contributed by atoms with van der Waals surface area (Å²) in [6.45, 7) is 5.60. The monoisotopic (exact) mass is 396 g/mol. The number of amides is 2. The third-order valence-corrected chi connectivity index (χ3v) is 5.16.